The topological polar surface area (TPSA) is 64.1 Å². The Bertz CT molecular complexity index is 551. The summed E-state index contributed by atoms with van der Waals surface area (Å²) >= 11 is 5.95. The summed E-state index contributed by atoms with van der Waals surface area (Å²) in [5.74, 6) is 2.23. The summed E-state index contributed by atoms with van der Waals surface area (Å²) in [6.45, 7) is 8.15. The smallest absolute Gasteiger partial charge is 0.191 e. The maximum absolute atomic E-state index is 5.95. The Morgan fingerprint density at radius 1 is 1.26 bits per heavy atom. The lowest BCUT2D eigenvalue weighted by Crippen LogP contribution is -2.39. The van der Waals surface area contributed by atoms with Gasteiger partial charge in [0.1, 0.15) is 12.4 Å². The van der Waals surface area contributed by atoms with Crippen LogP contribution in [0.2, 0.25) is 5.02 Å². The van der Waals surface area contributed by atoms with E-state index in [4.69, 9.17) is 25.8 Å². The van der Waals surface area contributed by atoms with Gasteiger partial charge in [-0.25, -0.2) is 0 Å². The Kier molecular flexibility index (Phi) is 11.0. The lowest BCUT2D eigenvalue weighted by Gasteiger charge is -2.21. The first-order chi connectivity index (χ1) is 13.3. The van der Waals surface area contributed by atoms with Gasteiger partial charge in [-0.15, -0.1) is 0 Å². The van der Waals surface area contributed by atoms with E-state index in [-0.39, 0.29) is 0 Å². The molecule has 1 heterocycles. The lowest BCUT2D eigenvalue weighted by molar-refractivity contribution is 0.0205. The molecule has 1 aromatic rings. The highest BCUT2D eigenvalue weighted by molar-refractivity contribution is 6.30. The van der Waals surface area contributed by atoms with Gasteiger partial charge in [0, 0.05) is 44.5 Å². The first kappa shape index (κ1) is 21.8. The zero-order chi connectivity index (χ0) is 19.2. The number of guanidine groups is 1. The summed E-state index contributed by atoms with van der Waals surface area (Å²) < 4.78 is 16.8. The van der Waals surface area contributed by atoms with Crippen LogP contribution in [0.1, 0.15) is 26.2 Å². The average molecular weight is 398 g/mol. The van der Waals surface area contributed by atoms with Crippen LogP contribution in [-0.2, 0) is 9.47 Å². The SMILES string of the molecule is CCNC(=NCCCOCC1CCOCC1)NCCOc1cccc(Cl)c1. The molecule has 1 aromatic carbocycles. The van der Waals surface area contributed by atoms with Crippen LogP contribution in [0.3, 0.4) is 0 Å². The third kappa shape index (κ3) is 9.84. The van der Waals surface area contributed by atoms with Crippen LogP contribution in [0.15, 0.2) is 29.3 Å². The van der Waals surface area contributed by atoms with Crippen molar-refractivity contribution in [1.82, 2.24) is 10.6 Å². The van der Waals surface area contributed by atoms with Crippen molar-refractivity contribution in [3.05, 3.63) is 29.3 Å². The van der Waals surface area contributed by atoms with Crippen LogP contribution in [0, 0.1) is 5.92 Å². The average Bonchev–Trinajstić information content (AvgIpc) is 2.68. The van der Waals surface area contributed by atoms with E-state index < -0.39 is 0 Å². The van der Waals surface area contributed by atoms with E-state index in [9.17, 15) is 0 Å². The summed E-state index contributed by atoms with van der Waals surface area (Å²) in [6, 6.07) is 7.41. The van der Waals surface area contributed by atoms with Crippen molar-refractivity contribution < 1.29 is 14.2 Å². The van der Waals surface area contributed by atoms with E-state index >= 15 is 0 Å². The zero-order valence-electron chi connectivity index (χ0n) is 16.2. The second-order valence-electron chi connectivity index (χ2n) is 6.48. The molecule has 1 aliphatic heterocycles. The molecule has 1 fully saturated rings. The quantitative estimate of drug-likeness (QED) is 0.341. The van der Waals surface area contributed by atoms with Crippen molar-refractivity contribution in [3.63, 3.8) is 0 Å². The highest BCUT2D eigenvalue weighted by Crippen LogP contribution is 2.16. The lowest BCUT2D eigenvalue weighted by atomic mass is 10.0. The number of hydrogen-bond donors (Lipinski definition) is 2. The predicted octanol–water partition coefficient (Wildman–Crippen LogP) is 3.11. The fourth-order valence-corrected chi connectivity index (χ4v) is 2.94. The molecular formula is C20H32ClN3O3. The molecule has 2 rings (SSSR count). The number of benzene rings is 1. The summed E-state index contributed by atoms with van der Waals surface area (Å²) in [5, 5.41) is 7.19. The van der Waals surface area contributed by atoms with Gasteiger partial charge >= 0.3 is 0 Å². The number of halogens is 1. The minimum atomic E-state index is 0.541. The number of nitrogens with one attached hydrogen (secondary N) is 2. The van der Waals surface area contributed by atoms with E-state index in [2.05, 4.69) is 22.5 Å². The minimum Gasteiger partial charge on any atom is -0.492 e. The summed E-state index contributed by atoms with van der Waals surface area (Å²) in [4.78, 5) is 4.57. The second kappa shape index (κ2) is 13.6. The molecule has 0 radical (unpaired) electrons. The van der Waals surface area contributed by atoms with Crippen molar-refractivity contribution in [1.29, 1.82) is 0 Å². The molecule has 7 heteroatoms. The third-order valence-electron chi connectivity index (χ3n) is 4.21. The molecule has 0 saturated carbocycles. The van der Waals surface area contributed by atoms with Crippen molar-refractivity contribution in [2.45, 2.75) is 26.2 Å². The molecule has 0 aliphatic carbocycles. The molecule has 0 amide bonds. The van der Waals surface area contributed by atoms with Gasteiger partial charge in [-0.05, 0) is 50.3 Å². The Hall–Kier alpha value is -1.50. The first-order valence-corrected chi connectivity index (χ1v) is 10.2. The third-order valence-corrected chi connectivity index (χ3v) is 4.45. The molecule has 2 N–H and O–H groups in total. The number of rotatable bonds is 11. The summed E-state index contributed by atoms with van der Waals surface area (Å²) in [5.41, 5.74) is 0. The van der Waals surface area contributed by atoms with Crippen LogP contribution < -0.4 is 15.4 Å². The van der Waals surface area contributed by atoms with Gasteiger partial charge in [0.15, 0.2) is 5.96 Å². The Labute approximate surface area is 167 Å². The molecule has 0 unspecified atom stereocenters. The molecule has 6 nitrogen and oxygen atoms in total. The highest BCUT2D eigenvalue weighted by Gasteiger charge is 2.13. The molecular weight excluding hydrogens is 366 g/mol. The van der Waals surface area contributed by atoms with Crippen LogP contribution in [0.25, 0.3) is 0 Å². The van der Waals surface area contributed by atoms with Gasteiger partial charge < -0.3 is 24.8 Å². The number of aliphatic imine (C=N–C) groups is 1. The van der Waals surface area contributed by atoms with Gasteiger partial charge in [0.05, 0.1) is 6.54 Å². The maximum atomic E-state index is 5.95. The van der Waals surface area contributed by atoms with Crippen LogP contribution in [0.5, 0.6) is 5.75 Å². The zero-order valence-corrected chi connectivity index (χ0v) is 17.0. The van der Waals surface area contributed by atoms with Gasteiger partial charge in [0.25, 0.3) is 0 Å². The van der Waals surface area contributed by atoms with Gasteiger partial charge in [0.2, 0.25) is 0 Å². The first-order valence-electron chi connectivity index (χ1n) is 9.84. The van der Waals surface area contributed by atoms with E-state index in [1.165, 1.54) is 0 Å². The van der Waals surface area contributed by atoms with Crippen molar-refractivity contribution >= 4 is 17.6 Å². The monoisotopic (exact) mass is 397 g/mol. The minimum absolute atomic E-state index is 0.541. The summed E-state index contributed by atoms with van der Waals surface area (Å²) in [7, 11) is 0. The number of ether oxygens (including phenoxy) is 3. The van der Waals surface area contributed by atoms with E-state index in [0.29, 0.717) is 24.1 Å². The van der Waals surface area contributed by atoms with E-state index in [1.54, 1.807) is 6.07 Å². The van der Waals surface area contributed by atoms with Crippen molar-refractivity contribution in [2.24, 2.45) is 10.9 Å². The van der Waals surface area contributed by atoms with E-state index in [1.807, 2.05) is 18.2 Å². The van der Waals surface area contributed by atoms with Gasteiger partial charge in [-0.2, -0.15) is 0 Å². The molecule has 1 saturated heterocycles. The van der Waals surface area contributed by atoms with Gasteiger partial charge in [-0.1, -0.05) is 17.7 Å². The normalized spacial score (nSPS) is 15.6. The molecule has 1 aliphatic rings. The Morgan fingerprint density at radius 2 is 2.11 bits per heavy atom. The van der Waals surface area contributed by atoms with Crippen LogP contribution >= 0.6 is 11.6 Å². The fraction of sp³-hybridized carbons (Fsp3) is 0.650. The van der Waals surface area contributed by atoms with Crippen molar-refractivity contribution in [3.8, 4) is 5.75 Å². The summed E-state index contributed by atoms with van der Waals surface area (Å²) in [6.07, 6.45) is 3.15. The second-order valence-corrected chi connectivity index (χ2v) is 6.91. The van der Waals surface area contributed by atoms with Gasteiger partial charge in [-0.3, -0.25) is 4.99 Å². The highest BCUT2D eigenvalue weighted by atomic mass is 35.5. The van der Waals surface area contributed by atoms with Crippen molar-refractivity contribution in [2.75, 3.05) is 52.7 Å². The maximum Gasteiger partial charge on any atom is 0.191 e. The predicted molar refractivity (Wildman–Crippen MR) is 110 cm³/mol. The largest absolute Gasteiger partial charge is 0.492 e. The Balaban J connectivity index is 1.56. The molecule has 27 heavy (non-hydrogen) atoms. The van der Waals surface area contributed by atoms with Crippen LogP contribution in [-0.4, -0.2) is 58.6 Å². The Morgan fingerprint density at radius 3 is 2.89 bits per heavy atom. The fourth-order valence-electron chi connectivity index (χ4n) is 2.76. The standard InChI is InChI=1S/C20H32ClN3O3/c1-2-22-20(24-10-14-27-19-6-3-5-18(21)15-19)23-9-4-11-26-16-17-7-12-25-13-8-17/h3,5-6,15,17H,2,4,7-14,16H2,1H3,(H2,22,23,24). The molecule has 152 valence electrons. The van der Waals surface area contributed by atoms with E-state index in [0.717, 1.165) is 70.5 Å². The number of hydrogen-bond acceptors (Lipinski definition) is 4. The molecule has 0 spiro atoms. The molecule has 0 aromatic heterocycles. The molecule has 0 bridgehead atoms. The number of nitrogens with zero attached hydrogens (tertiary/aromatic N) is 1. The van der Waals surface area contributed by atoms with Crippen LogP contribution in [0.4, 0.5) is 0 Å². The molecule has 0 atom stereocenters.